The molecule has 0 saturated carbocycles. The largest absolute Gasteiger partial charge is 0.355 e. The number of amides is 4. The van der Waals surface area contributed by atoms with Gasteiger partial charge in [-0.2, -0.15) is 11.3 Å². The van der Waals surface area contributed by atoms with Crippen molar-refractivity contribution < 1.29 is 14.4 Å². The lowest BCUT2D eigenvalue weighted by Crippen LogP contribution is -2.48. The highest BCUT2D eigenvalue weighted by Gasteiger charge is 2.45. The van der Waals surface area contributed by atoms with Crippen molar-refractivity contribution in [3.8, 4) is 0 Å². The standard InChI is InChI=1S/C17H24N4O3S/c1-12(2)19-16(24)21-5-4-20(15(23)13-3-6-25-8-13)10-17(11-21)7-14(22)18-9-17/h3,6,8,12H,4-5,7,9-11H2,1-2H3,(H,18,22)(H,19,24)/t17-/m1/s1. The number of hydrogen-bond acceptors (Lipinski definition) is 4. The molecule has 0 radical (unpaired) electrons. The summed E-state index contributed by atoms with van der Waals surface area (Å²) in [6.45, 7) is 6.20. The molecule has 2 fully saturated rings. The van der Waals surface area contributed by atoms with E-state index in [1.165, 1.54) is 11.3 Å². The molecule has 1 atom stereocenters. The summed E-state index contributed by atoms with van der Waals surface area (Å²) >= 11 is 1.49. The third-order valence-corrected chi connectivity index (χ3v) is 5.33. The van der Waals surface area contributed by atoms with E-state index >= 15 is 0 Å². The molecular weight excluding hydrogens is 340 g/mol. The molecule has 0 aromatic carbocycles. The quantitative estimate of drug-likeness (QED) is 0.825. The molecule has 7 nitrogen and oxygen atoms in total. The molecule has 25 heavy (non-hydrogen) atoms. The molecule has 1 aromatic rings. The van der Waals surface area contributed by atoms with Gasteiger partial charge in [-0.25, -0.2) is 4.79 Å². The molecule has 2 N–H and O–H groups in total. The Morgan fingerprint density at radius 2 is 2.00 bits per heavy atom. The molecule has 1 aromatic heterocycles. The molecule has 0 bridgehead atoms. The molecule has 0 unspecified atom stereocenters. The van der Waals surface area contributed by atoms with Gasteiger partial charge in [0.1, 0.15) is 0 Å². The van der Waals surface area contributed by atoms with Gasteiger partial charge in [-0.15, -0.1) is 0 Å². The molecule has 4 amide bonds. The Morgan fingerprint density at radius 1 is 1.28 bits per heavy atom. The first-order valence-corrected chi connectivity index (χ1v) is 9.46. The third-order valence-electron chi connectivity index (χ3n) is 4.64. The number of nitrogens with zero attached hydrogens (tertiary/aromatic N) is 2. The summed E-state index contributed by atoms with van der Waals surface area (Å²) in [7, 11) is 0. The van der Waals surface area contributed by atoms with Crippen LogP contribution in [0.1, 0.15) is 30.6 Å². The van der Waals surface area contributed by atoms with E-state index in [4.69, 9.17) is 0 Å². The molecule has 2 saturated heterocycles. The Kier molecular flexibility index (Phi) is 4.99. The van der Waals surface area contributed by atoms with Crippen LogP contribution in [-0.4, -0.2) is 66.4 Å². The Labute approximate surface area is 151 Å². The molecule has 0 aliphatic carbocycles. The molecule has 3 heterocycles. The van der Waals surface area contributed by atoms with Gasteiger partial charge in [0.2, 0.25) is 5.91 Å². The number of hydrogen-bond donors (Lipinski definition) is 2. The van der Waals surface area contributed by atoms with Gasteiger partial charge in [0.15, 0.2) is 0 Å². The maximum absolute atomic E-state index is 12.8. The van der Waals surface area contributed by atoms with Crippen LogP contribution in [0.25, 0.3) is 0 Å². The second-order valence-electron chi connectivity index (χ2n) is 7.22. The average molecular weight is 364 g/mol. The van der Waals surface area contributed by atoms with Gasteiger partial charge in [0.05, 0.1) is 5.56 Å². The van der Waals surface area contributed by atoms with Crippen LogP contribution in [0, 0.1) is 5.41 Å². The highest BCUT2D eigenvalue weighted by Crippen LogP contribution is 2.31. The van der Waals surface area contributed by atoms with E-state index < -0.39 is 5.41 Å². The molecule has 136 valence electrons. The summed E-state index contributed by atoms with van der Waals surface area (Å²) in [5.41, 5.74) is 0.241. The van der Waals surface area contributed by atoms with Crippen molar-refractivity contribution in [2.24, 2.45) is 5.41 Å². The average Bonchev–Trinajstić information content (AvgIpc) is 3.14. The van der Waals surface area contributed by atoms with Crippen LogP contribution in [0.5, 0.6) is 0 Å². The maximum atomic E-state index is 12.8. The van der Waals surface area contributed by atoms with E-state index in [-0.39, 0.29) is 23.9 Å². The lowest BCUT2D eigenvalue weighted by Gasteiger charge is -2.32. The first-order valence-electron chi connectivity index (χ1n) is 8.52. The number of carbonyl (C=O) groups is 3. The van der Waals surface area contributed by atoms with Crippen LogP contribution in [0.15, 0.2) is 16.8 Å². The minimum Gasteiger partial charge on any atom is -0.355 e. The Balaban J connectivity index is 1.81. The maximum Gasteiger partial charge on any atom is 0.317 e. The van der Waals surface area contributed by atoms with Gasteiger partial charge in [0.25, 0.3) is 5.91 Å². The van der Waals surface area contributed by atoms with E-state index in [0.717, 1.165) is 0 Å². The third kappa shape index (κ3) is 3.95. The van der Waals surface area contributed by atoms with Crippen molar-refractivity contribution in [1.29, 1.82) is 0 Å². The second-order valence-corrected chi connectivity index (χ2v) is 8.00. The summed E-state index contributed by atoms with van der Waals surface area (Å²) < 4.78 is 0. The first kappa shape index (κ1) is 17.7. The number of thiophene rings is 1. The van der Waals surface area contributed by atoms with E-state index in [1.807, 2.05) is 30.7 Å². The van der Waals surface area contributed by atoms with Crippen molar-refractivity contribution in [3.63, 3.8) is 0 Å². The zero-order valence-corrected chi connectivity index (χ0v) is 15.4. The normalized spacial score (nSPS) is 23.7. The fourth-order valence-corrected chi connectivity index (χ4v) is 4.12. The number of carbonyl (C=O) groups excluding carboxylic acids is 3. The number of nitrogens with one attached hydrogen (secondary N) is 2. The number of rotatable bonds is 2. The highest BCUT2D eigenvalue weighted by atomic mass is 32.1. The smallest absolute Gasteiger partial charge is 0.317 e. The van der Waals surface area contributed by atoms with Crippen LogP contribution in [-0.2, 0) is 4.79 Å². The van der Waals surface area contributed by atoms with Crippen LogP contribution < -0.4 is 10.6 Å². The Hall–Kier alpha value is -2.09. The predicted octanol–water partition coefficient (Wildman–Crippen LogP) is 1.13. The van der Waals surface area contributed by atoms with Gasteiger partial charge < -0.3 is 20.4 Å². The molecular formula is C17H24N4O3S. The van der Waals surface area contributed by atoms with Gasteiger partial charge in [-0.1, -0.05) is 0 Å². The lowest BCUT2D eigenvalue weighted by molar-refractivity contribution is -0.119. The van der Waals surface area contributed by atoms with E-state index in [9.17, 15) is 14.4 Å². The predicted molar refractivity (Wildman–Crippen MR) is 95.5 cm³/mol. The van der Waals surface area contributed by atoms with Gasteiger partial charge in [-0.05, 0) is 25.3 Å². The fraction of sp³-hybridized carbons (Fsp3) is 0.588. The van der Waals surface area contributed by atoms with Gasteiger partial charge in [-0.3, -0.25) is 9.59 Å². The zero-order valence-electron chi connectivity index (χ0n) is 14.6. The van der Waals surface area contributed by atoms with Crippen molar-refractivity contribution in [2.45, 2.75) is 26.3 Å². The van der Waals surface area contributed by atoms with Crippen molar-refractivity contribution in [2.75, 3.05) is 32.7 Å². The fourth-order valence-electron chi connectivity index (χ4n) is 3.49. The summed E-state index contributed by atoms with van der Waals surface area (Å²) in [6, 6.07) is 1.71. The minimum atomic E-state index is -0.423. The van der Waals surface area contributed by atoms with E-state index in [0.29, 0.717) is 44.7 Å². The lowest BCUT2D eigenvalue weighted by atomic mass is 9.86. The zero-order chi connectivity index (χ0) is 18.0. The summed E-state index contributed by atoms with van der Waals surface area (Å²) in [4.78, 5) is 40.7. The molecule has 2 aliphatic heterocycles. The summed E-state index contributed by atoms with van der Waals surface area (Å²) in [6.07, 6.45) is 0.339. The SMILES string of the molecule is CC(C)NC(=O)N1CCN(C(=O)c2ccsc2)C[C@@]2(CNC(=O)C2)C1. The second kappa shape index (κ2) is 7.03. The molecule has 3 rings (SSSR count). The molecule has 2 aliphatic rings. The minimum absolute atomic E-state index is 0.0194. The van der Waals surface area contributed by atoms with Crippen molar-refractivity contribution in [3.05, 3.63) is 22.4 Å². The van der Waals surface area contributed by atoms with Crippen LogP contribution in [0.3, 0.4) is 0 Å². The molecule has 8 heteroatoms. The van der Waals surface area contributed by atoms with E-state index in [2.05, 4.69) is 10.6 Å². The van der Waals surface area contributed by atoms with Gasteiger partial charge >= 0.3 is 6.03 Å². The van der Waals surface area contributed by atoms with Crippen molar-refractivity contribution >= 4 is 29.2 Å². The van der Waals surface area contributed by atoms with Crippen LogP contribution in [0.4, 0.5) is 4.79 Å². The summed E-state index contributed by atoms with van der Waals surface area (Å²) in [5, 5.41) is 9.49. The van der Waals surface area contributed by atoms with Crippen LogP contribution in [0.2, 0.25) is 0 Å². The monoisotopic (exact) mass is 364 g/mol. The summed E-state index contributed by atoms with van der Waals surface area (Å²) in [5.74, 6) is -0.0554. The van der Waals surface area contributed by atoms with Crippen LogP contribution >= 0.6 is 11.3 Å². The number of urea groups is 1. The highest BCUT2D eigenvalue weighted by molar-refractivity contribution is 7.08. The molecule has 1 spiro atoms. The topological polar surface area (TPSA) is 81.8 Å². The Morgan fingerprint density at radius 3 is 2.60 bits per heavy atom. The van der Waals surface area contributed by atoms with Crippen molar-refractivity contribution in [1.82, 2.24) is 20.4 Å². The van der Waals surface area contributed by atoms with E-state index in [1.54, 1.807) is 9.80 Å². The first-order chi connectivity index (χ1) is 11.9. The Bertz CT molecular complexity index is 661. The van der Waals surface area contributed by atoms with Gasteiger partial charge in [0, 0.05) is 56.0 Å².